The van der Waals surface area contributed by atoms with E-state index in [4.69, 9.17) is 0 Å². The zero-order valence-corrected chi connectivity index (χ0v) is 10.4. The van der Waals surface area contributed by atoms with Crippen molar-refractivity contribution in [1.82, 2.24) is 0 Å². The molecular formula is C15H15Si. The Labute approximate surface area is 99.5 Å². The quantitative estimate of drug-likeness (QED) is 0.699. The van der Waals surface area contributed by atoms with Gasteiger partial charge in [-0.05, 0) is 11.6 Å². The average Bonchev–Trinajstić information content (AvgIpc) is 2.38. The maximum atomic E-state index is 3.76. The summed E-state index contributed by atoms with van der Waals surface area (Å²) in [5.74, 6) is 0. The third-order valence-electron chi connectivity index (χ3n) is 2.59. The molecule has 0 unspecified atom stereocenters. The third-order valence-corrected chi connectivity index (χ3v) is 4.12. The van der Waals surface area contributed by atoms with E-state index in [2.05, 4.69) is 61.2 Å². The van der Waals surface area contributed by atoms with Crippen molar-refractivity contribution in [2.45, 2.75) is 6.04 Å². The van der Waals surface area contributed by atoms with Gasteiger partial charge in [-0.2, -0.15) is 0 Å². The lowest BCUT2D eigenvalue weighted by Gasteiger charge is -2.01. The molecular weight excluding hydrogens is 208 g/mol. The SMILES string of the molecule is C=Cc1ccc(C[SiH]c2ccccc2)cc1. The Morgan fingerprint density at radius 2 is 1.62 bits per heavy atom. The second-order valence-electron chi connectivity index (χ2n) is 3.76. The van der Waals surface area contributed by atoms with Crippen LogP contribution in [0.1, 0.15) is 11.1 Å². The Balaban J connectivity index is 1.97. The van der Waals surface area contributed by atoms with E-state index in [1.54, 1.807) is 0 Å². The minimum atomic E-state index is 0.350. The molecule has 2 aromatic rings. The fourth-order valence-corrected chi connectivity index (χ4v) is 2.85. The lowest BCUT2D eigenvalue weighted by molar-refractivity contribution is 1.38. The van der Waals surface area contributed by atoms with Gasteiger partial charge in [0, 0.05) is 0 Å². The van der Waals surface area contributed by atoms with Gasteiger partial charge in [-0.3, -0.25) is 0 Å². The molecule has 0 aliphatic carbocycles. The molecule has 0 aromatic heterocycles. The Morgan fingerprint density at radius 3 is 2.25 bits per heavy atom. The molecule has 79 valence electrons. The predicted molar refractivity (Wildman–Crippen MR) is 73.5 cm³/mol. The Bertz CT molecular complexity index is 443. The predicted octanol–water partition coefficient (Wildman–Crippen LogP) is 2.59. The van der Waals surface area contributed by atoms with Gasteiger partial charge in [0.1, 0.15) is 0 Å². The Morgan fingerprint density at radius 1 is 0.938 bits per heavy atom. The first-order valence-electron chi connectivity index (χ1n) is 5.48. The summed E-state index contributed by atoms with van der Waals surface area (Å²) in [6.45, 7) is 3.76. The van der Waals surface area contributed by atoms with Crippen LogP contribution in [0, 0.1) is 0 Å². The van der Waals surface area contributed by atoms with E-state index in [0.29, 0.717) is 9.52 Å². The Kier molecular flexibility index (Phi) is 3.73. The number of hydrogen-bond acceptors (Lipinski definition) is 0. The largest absolute Gasteiger partial charge is 0.0985 e. The van der Waals surface area contributed by atoms with Crippen molar-refractivity contribution in [3.8, 4) is 0 Å². The first kappa shape index (κ1) is 10.9. The smallest absolute Gasteiger partial charge is 0.0713 e. The monoisotopic (exact) mass is 223 g/mol. The van der Waals surface area contributed by atoms with Crippen LogP contribution in [0.4, 0.5) is 0 Å². The van der Waals surface area contributed by atoms with Crippen molar-refractivity contribution in [2.24, 2.45) is 0 Å². The van der Waals surface area contributed by atoms with Crippen LogP contribution in [-0.4, -0.2) is 9.52 Å². The molecule has 0 atom stereocenters. The zero-order valence-electron chi connectivity index (χ0n) is 9.27. The van der Waals surface area contributed by atoms with Crippen molar-refractivity contribution >= 4 is 20.8 Å². The van der Waals surface area contributed by atoms with Crippen LogP contribution in [0.25, 0.3) is 6.08 Å². The van der Waals surface area contributed by atoms with E-state index in [1.165, 1.54) is 22.4 Å². The van der Waals surface area contributed by atoms with Gasteiger partial charge in [0.2, 0.25) is 0 Å². The fraction of sp³-hybridized carbons (Fsp3) is 0.0667. The molecule has 1 radical (unpaired) electrons. The molecule has 0 bridgehead atoms. The van der Waals surface area contributed by atoms with Crippen LogP contribution in [-0.2, 0) is 6.04 Å². The summed E-state index contributed by atoms with van der Waals surface area (Å²) in [7, 11) is 0.350. The van der Waals surface area contributed by atoms with Crippen LogP contribution in [0.5, 0.6) is 0 Å². The average molecular weight is 223 g/mol. The van der Waals surface area contributed by atoms with Gasteiger partial charge < -0.3 is 0 Å². The van der Waals surface area contributed by atoms with Crippen molar-refractivity contribution in [3.05, 3.63) is 72.3 Å². The molecule has 0 N–H and O–H groups in total. The summed E-state index contributed by atoms with van der Waals surface area (Å²) in [6.07, 6.45) is 1.88. The highest BCUT2D eigenvalue weighted by Crippen LogP contribution is 2.05. The second kappa shape index (κ2) is 5.47. The molecule has 0 aliphatic rings. The lowest BCUT2D eigenvalue weighted by atomic mass is 10.1. The topological polar surface area (TPSA) is 0 Å². The van der Waals surface area contributed by atoms with E-state index in [9.17, 15) is 0 Å². The summed E-state index contributed by atoms with van der Waals surface area (Å²) >= 11 is 0. The fourth-order valence-electron chi connectivity index (χ4n) is 1.61. The van der Waals surface area contributed by atoms with Crippen molar-refractivity contribution in [3.63, 3.8) is 0 Å². The Hall–Kier alpha value is -1.60. The highest BCUT2D eigenvalue weighted by molar-refractivity contribution is 6.52. The number of rotatable bonds is 4. The van der Waals surface area contributed by atoms with Gasteiger partial charge in [0.25, 0.3) is 0 Å². The minimum absolute atomic E-state index is 0.350. The standard InChI is InChI=1S/C15H15Si/c1-2-13-8-10-14(11-9-13)12-16-15-6-4-3-5-7-15/h2-11,16H,1,12H2. The van der Waals surface area contributed by atoms with Gasteiger partial charge in [-0.1, -0.05) is 78.0 Å². The molecule has 0 fully saturated rings. The van der Waals surface area contributed by atoms with Crippen LogP contribution in [0.3, 0.4) is 0 Å². The highest BCUT2D eigenvalue weighted by Gasteiger charge is 1.96. The normalized spacial score (nSPS) is 10.0. The molecule has 0 spiro atoms. The molecule has 2 aromatic carbocycles. The first-order chi connectivity index (χ1) is 7.88. The van der Waals surface area contributed by atoms with E-state index < -0.39 is 0 Å². The molecule has 2 rings (SSSR count). The minimum Gasteiger partial charge on any atom is -0.0985 e. The second-order valence-corrected chi connectivity index (χ2v) is 5.25. The van der Waals surface area contributed by atoms with Gasteiger partial charge in [-0.25, -0.2) is 0 Å². The molecule has 0 saturated heterocycles. The molecule has 0 amide bonds. The maximum absolute atomic E-state index is 3.76. The van der Waals surface area contributed by atoms with Gasteiger partial charge in [0.15, 0.2) is 0 Å². The first-order valence-corrected chi connectivity index (χ1v) is 6.87. The van der Waals surface area contributed by atoms with E-state index in [-0.39, 0.29) is 0 Å². The van der Waals surface area contributed by atoms with Crippen LogP contribution < -0.4 is 5.19 Å². The van der Waals surface area contributed by atoms with Crippen LogP contribution in [0.2, 0.25) is 0 Å². The van der Waals surface area contributed by atoms with E-state index in [0.717, 1.165) is 0 Å². The summed E-state index contributed by atoms with van der Waals surface area (Å²) in [6, 6.07) is 20.6. The maximum Gasteiger partial charge on any atom is 0.0713 e. The van der Waals surface area contributed by atoms with Crippen molar-refractivity contribution in [2.75, 3.05) is 0 Å². The molecule has 16 heavy (non-hydrogen) atoms. The van der Waals surface area contributed by atoms with Gasteiger partial charge in [-0.15, -0.1) is 0 Å². The summed E-state index contributed by atoms with van der Waals surface area (Å²) in [5, 5.41) is 1.48. The highest BCUT2D eigenvalue weighted by atomic mass is 28.2. The lowest BCUT2D eigenvalue weighted by Crippen LogP contribution is -2.15. The van der Waals surface area contributed by atoms with E-state index in [1.807, 2.05) is 6.08 Å². The third kappa shape index (κ3) is 2.94. The molecule has 0 aliphatic heterocycles. The summed E-state index contributed by atoms with van der Waals surface area (Å²) in [5.41, 5.74) is 2.61. The van der Waals surface area contributed by atoms with E-state index >= 15 is 0 Å². The summed E-state index contributed by atoms with van der Waals surface area (Å²) < 4.78 is 0. The van der Waals surface area contributed by atoms with Crippen molar-refractivity contribution in [1.29, 1.82) is 0 Å². The summed E-state index contributed by atoms with van der Waals surface area (Å²) in [4.78, 5) is 0. The van der Waals surface area contributed by atoms with Gasteiger partial charge in [0.05, 0.1) is 9.52 Å². The molecule has 0 saturated carbocycles. The zero-order chi connectivity index (χ0) is 11.2. The van der Waals surface area contributed by atoms with Gasteiger partial charge >= 0.3 is 0 Å². The molecule has 0 nitrogen and oxygen atoms in total. The number of hydrogen-bond donors (Lipinski definition) is 0. The van der Waals surface area contributed by atoms with Crippen LogP contribution >= 0.6 is 0 Å². The molecule has 0 heterocycles. The number of benzene rings is 2. The molecule has 1 heteroatoms. The van der Waals surface area contributed by atoms with Crippen LogP contribution in [0.15, 0.2) is 61.2 Å². The van der Waals surface area contributed by atoms with Crippen molar-refractivity contribution < 1.29 is 0 Å².